The number of aromatic nitrogens is 2. The second-order valence-electron chi connectivity index (χ2n) is 4.53. The van der Waals surface area contributed by atoms with Gasteiger partial charge in [-0.15, -0.1) is 11.3 Å². The molecule has 0 spiro atoms. The van der Waals surface area contributed by atoms with Crippen molar-refractivity contribution >= 4 is 50.7 Å². The fraction of sp³-hybridized carbons (Fsp3) is 0.0714. The van der Waals surface area contributed by atoms with E-state index in [1.165, 1.54) is 6.07 Å². The highest BCUT2D eigenvalue weighted by Gasteiger charge is 2.14. The normalized spacial score (nSPS) is 11.0. The van der Waals surface area contributed by atoms with E-state index in [4.69, 9.17) is 28.3 Å². The van der Waals surface area contributed by atoms with Crippen molar-refractivity contribution in [1.29, 1.82) is 0 Å². The van der Waals surface area contributed by atoms with Crippen LogP contribution in [0.5, 0.6) is 0 Å². The fourth-order valence-corrected chi connectivity index (χ4v) is 3.26. The second kappa shape index (κ2) is 5.72. The van der Waals surface area contributed by atoms with Gasteiger partial charge >= 0.3 is 5.97 Å². The molecule has 3 rings (SSSR count). The maximum absolute atomic E-state index is 12.0. The summed E-state index contributed by atoms with van der Waals surface area (Å²) >= 11 is 13.0. The standard InChI is InChI=1S/C14H8Cl2N2O3S/c15-7-3-1-2-6(11(7)16)4-10-17-8-5-9(14(20)21)22-12(8)13(19)18-10/h1-3,5H,4H2,(H,20,21)(H,17,18,19). The molecule has 0 unspecified atom stereocenters. The van der Waals surface area contributed by atoms with Gasteiger partial charge in [0.05, 0.1) is 15.6 Å². The van der Waals surface area contributed by atoms with E-state index in [0.717, 1.165) is 16.9 Å². The highest BCUT2D eigenvalue weighted by Crippen LogP contribution is 2.27. The Morgan fingerprint density at radius 3 is 2.86 bits per heavy atom. The molecule has 1 aromatic carbocycles. The van der Waals surface area contributed by atoms with Crippen LogP contribution in [-0.4, -0.2) is 21.0 Å². The van der Waals surface area contributed by atoms with Crippen molar-refractivity contribution in [3.63, 3.8) is 0 Å². The number of nitrogens with zero attached hydrogens (tertiary/aromatic N) is 1. The third-order valence-corrected chi connectivity index (χ3v) is 5.00. The second-order valence-corrected chi connectivity index (χ2v) is 6.37. The van der Waals surface area contributed by atoms with Crippen molar-refractivity contribution in [2.24, 2.45) is 0 Å². The van der Waals surface area contributed by atoms with Crippen molar-refractivity contribution in [2.75, 3.05) is 0 Å². The lowest BCUT2D eigenvalue weighted by atomic mass is 10.1. The molecule has 0 aliphatic heterocycles. The minimum absolute atomic E-state index is 0.0749. The molecule has 3 aromatic rings. The molecule has 0 aliphatic rings. The van der Waals surface area contributed by atoms with Crippen LogP contribution in [0, 0.1) is 0 Å². The lowest BCUT2D eigenvalue weighted by Crippen LogP contribution is -2.10. The summed E-state index contributed by atoms with van der Waals surface area (Å²) in [7, 11) is 0. The van der Waals surface area contributed by atoms with Crippen LogP contribution in [0.25, 0.3) is 10.2 Å². The molecule has 0 saturated carbocycles. The van der Waals surface area contributed by atoms with Gasteiger partial charge in [-0.1, -0.05) is 35.3 Å². The van der Waals surface area contributed by atoms with Crippen LogP contribution < -0.4 is 5.56 Å². The first kappa shape index (κ1) is 15.0. The molecular weight excluding hydrogens is 347 g/mol. The number of carboxylic acids is 1. The molecule has 2 heterocycles. The third-order valence-electron chi connectivity index (χ3n) is 3.03. The van der Waals surface area contributed by atoms with Gasteiger partial charge in [0, 0.05) is 6.42 Å². The number of aromatic carboxylic acids is 1. The summed E-state index contributed by atoms with van der Waals surface area (Å²) in [6.07, 6.45) is 0.294. The predicted molar refractivity (Wildman–Crippen MR) is 86.5 cm³/mol. The number of rotatable bonds is 3. The van der Waals surface area contributed by atoms with E-state index in [1.807, 2.05) is 0 Å². The molecule has 112 valence electrons. The van der Waals surface area contributed by atoms with Gasteiger partial charge in [0.25, 0.3) is 5.56 Å². The van der Waals surface area contributed by atoms with Crippen LogP contribution in [0.3, 0.4) is 0 Å². The Balaban J connectivity index is 2.06. The SMILES string of the molecule is O=C(O)c1cc2nc(Cc3cccc(Cl)c3Cl)[nH]c(=O)c2s1. The van der Waals surface area contributed by atoms with Crippen LogP contribution in [0.2, 0.25) is 10.0 Å². The molecule has 0 aliphatic carbocycles. The van der Waals surface area contributed by atoms with Gasteiger partial charge < -0.3 is 10.1 Å². The molecule has 0 atom stereocenters. The molecule has 0 saturated heterocycles. The molecule has 8 heteroatoms. The summed E-state index contributed by atoms with van der Waals surface area (Å²) in [5, 5.41) is 9.81. The molecule has 0 radical (unpaired) electrons. The van der Waals surface area contributed by atoms with Crippen LogP contribution in [0.15, 0.2) is 29.1 Å². The molecule has 0 bridgehead atoms. The summed E-state index contributed by atoms with van der Waals surface area (Å²) < 4.78 is 0.290. The summed E-state index contributed by atoms with van der Waals surface area (Å²) in [4.78, 5) is 30.0. The lowest BCUT2D eigenvalue weighted by Gasteiger charge is -2.05. The van der Waals surface area contributed by atoms with Gasteiger partial charge in [0.2, 0.25) is 0 Å². The summed E-state index contributed by atoms with van der Waals surface area (Å²) in [5.41, 5.74) is 0.723. The number of thiophene rings is 1. The highest BCUT2D eigenvalue weighted by atomic mass is 35.5. The molecule has 2 N–H and O–H groups in total. The minimum atomic E-state index is -1.08. The minimum Gasteiger partial charge on any atom is -0.477 e. The van der Waals surface area contributed by atoms with E-state index in [1.54, 1.807) is 18.2 Å². The summed E-state index contributed by atoms with van der Waals surface area (Å²) in [6, 6.07) is 6.60. The number of aromatic amines is 1. The van der Waals surface area contributed by atoms with Crippen LogP contribution in [-0.2, 0) is 6.42 Å². The summed E-state index contributed by atoms with van der Waals surface area (Å²) in [5.74, 6) is -0.682. The zero-order chi connectivity index (χ0) is 15.9. The van der Waals surface area contributed by atoms with Crippen molar-refractivity contribution in [2.45, 2.75) is 6.42 Å². The van der Waals surface area contributed by atoms with Gasteiger partial charge in [-0.3, -0.25) is 4.79 Å². The number of hydrogen-bond acceptors (Lipinski definition) is 4. The smallest absolute Gasteiger partial charge is 0.345 e. The van der Waals surface area contributed by atoms with Crippen LogP contribution in [0.1, 0.15) is 21.1 Å². The number of carbonyl (C=O) groups is 1. The molecule has 5 nitrogen and oxygen atoms in total. The van der Waals surface area contributed by atoms with Crippen molar-refractivity contribution in [3.8, 4) is 0 Å². The van der Waals surface area contributed by atoms with Gasteiger partial charge in [0.1, 0.15) is 15.4 Å². The predicted octanol–water partition coefficient (Wildman–Crippen LogP) is 3.58. The molecule has 22 heavy (non-hydrogen) atoms. The van der Waals surface area contributed by atoms with Crippen molar-refractivity contribution in [1.82, 2.24) is 9.97 Å². The number of nitrogens with one attached hydrogen (secondary N) is 1. The average molecular weight is 355 g/mol. The van der Waals surface area contributed by atoms with Gasteiger partial charge in [-0.2, -0.15) is 0 Å². The van der Waals surface area contributed by atoms with E-state index in [9.17, 15) is 9.59 Å². The number of H-pyrrole nitrogens is 1. The van der Waals surface area contributed by atoms with E-state index < -0.39 is 5.97 Å². The number of benzene rings is 1. The van der Waals surface area contributed by atoms with Crippen molar-refractivity contribution in [3.05, 3.63) is 60.9 Å². The maximum atomic E-state index is 12.0. The average Bonchev–Trinajstić information content (AvgIpc) is 2.89. The Hall–Kier alpha value is -1.89. The van der Waals surface area contributed by atoms with E-state index in [2.05, 4.69) is 9.97 Å². The van der Waals surface area contributed by atoms with Gasteiger partial charge in [-0.05, 0) is 17.7 Å². The number of halogens is 2. The van der Waals surface area contributed by atoms with E-state index in [0.29, 0.717) is 32.5 Å². The fourth-order valence-electron chi connectivity index (χ4n) is 2.04. The zero-order valence-corrected chi connectivity index (χ0v) is 13.2. The summed E-state index contributed by atoms with van der Waals surface area (Å²) in [6.45, 7) is 0. The Bertz CT molecular complexity index is 949. The van der Waals surface area contributed by atoms with Gasteiger partial charge in [0.15, 0.2) is 0 Å². The first-order chi connectivity index (χ1) is 10.5. The molecule has 0 amide bonds. The first-order valence-corrected chi connectivity index (χ1v) is 7.72. The Labute approximate surface area is 138 Å². The van der Waals surface area contributed by atoms with Crippen LogP contribution >= 0.6 is 34.5 Å². The monoisotopic (exact) mass is 354 g/mol. The van der Waals surface area contributed by atoms with Crippen LogP contribution in [0.4, 0.5) is 0 Å². The quantitative estimate of drug-likeness (QED) is 0.752. The number of hydrogen-bond donors (Lipinski definition) is 2. The topological polar surface area (TPSA) is 83.0 Å². The Kier molecular flexibility index (Phi) is 3.90. The van der Waals surface area contributed by atoms with E-state index >= 15 is 0 Å². The largest absolute Gasteiger partial charge is 0.477 e. The Morgan fingerprint density at radius 1 is 1.36 bits per heavy atom. The lowest BCUT2D eigenvalue weighted by molar-refractivity contribution is 0.0702. The third kappa shape index (κ3) is 2.72. The molecular formula is C14H8Cl2N2O3S. The number of fused-ring (bicyclic) bond motifs is 1. The maximum Gasteiger partial charge on any atom is 0.345 e. The van der Waals surface area contributed by atoms with Gasteiger partial charge in [-0.25, -0.2) is 9.78 Å². The molecule has 0 fully saturated rings. The zero-order valence-electron chi connectivity index (χ0n) is 10.9. The molecule has 2 aromatic heterocycles. The highest BCUT2D eigenvalue weighted by molar-refractivity contribution is 7.20. The first-order valence-electron chi connectivity index (χ1n) is 6.14. The van der Waals surface area contributed by atoms with Crippen molar-refractivity contribution < 1.29 is 9.90 Å². The Morgan fingerprint density at radius 2 is 2.14 bits per heavy atom. The number of carboxylic acid groups (broad SMARTS) is 1. The van der Waals surface area contributed by atoms with E-state index in [-0.39, 0.29) is 10.4 Å².